The van der Waals surface area contributed by atoms with E-state index >= 15 is 0 Å². The van der Waals surface area contributed by atoms with Crippen molar-refractivity contribution in [3.8, 4) is 11.5 Å². The van der Waals surface area contributed by atoms with Crippen LogP contribution >= 0.6 is 11.6 Å². The zero-order valence-electron chi connectivity index (χ0n) is 14.9. The predicted octanol–water partition coefficient (Wildman–Crippen LogP) is 4.82. The van der Waals surface area contributed by atoms with Crippen molar-refractivity contribution in [3.05, 3.63) is 77.0 Å². The van der Waals surface area contributed by atoms with Crippen LogP contribution in [-0.4, -0.2) is 34.8 Å². The molecule has 2 aromatic carbocycles. The van der Waals surface area contributed by atoms with Gasteiger partial charge in [0.25, 0.3) is 0 Å². The number of allylic oxidation sites excluding steroid dienone is 1. The largest absolute Gasteiger partial charge is 0.508 e. The van der Waals surface area contributed by atoms with E-state index in [1.54, 1.807) is 36.4 Å². The zero-order chi connectivity index (χ0) is 18.9. The summed E-state index contributed by atoms with van der Waals surface area (Å²) in [4.78, 5) is 2.16. The van der Waals surface area contributed by atoms with E-state index < -0.39 is 0 Å². The van der Waals surface area contributed by atoms with Crippen molar-refractivity contribution >= 4 is 17.7 Å². The predicted molar refractivity (Wildman–Crippen MR) is 106 cm³/mol. The van der Waals surface area contributed by atoms with Gasteiger partial charge in [-0.15, -0.1) is 0 Å². The van der Waals surface area contributed by atoms with Crippen LogP contribution in [0.15, 0.2) is 60.9 Å². The monoisotopic (exact) mass is 373 g/mol. The Bertz CT molecular complexity index is 756. The Hall–Kier alpha value is -2.43. The first-order valence-corrected chi connectivity index (χ1v) is 8.84. The van der Waals surface area contributed by atoms with Crippen LogP contribution in [0, 0.1) is 0 Å². The van der Waals surface area contributed by atoms with E-state index in [0.29, 0.717) is 30.5 Å². The minimum Gasteiger partial charge on any atom is -0.508 e. The van der Waals surface area contributed by atoms with E-state index in [0.717, 1.165) is 17.7 Å². The molecule has 0 saturated heterocycles. The van der Waals surface area contributed by atoms with Gasteiger partial charge >= 0.3 is 0 Å². The van der Waals surface area contributed by atoms with Gasteiger partial charge in [-0.25, -0.2) is 0 Å². The summed E-state index contributed by atoms with van der Waals surface area (Å²) >= 11 is 6.00. The summed E-state index contributed by atoms with van der Waals surface area (Å²) in [6.45, 7) is 8.56. The van der Waals surface area contributed by atoms with E-state index in [-0.39, 0.29) is 11.5 Å². The minimum atomic E-state index is 0.239. The number of phenols is 2. The molecule has 5 heteroatoms. The molecule has 0 saturated carbocycles. The Labute approximate surface area is 159 Å². The highest BCUT2D eigenvalue weighted by Gasteiger charge is 2.08. The van der Waals surface area contributed by atoms with Gasteiger partial charge in [0, 0.05) is 23.7 Å². The van der Waals surface area contributed by atoms with Gasteiger partial charge in [0.15, 0.2) is 0 Å². The average Bonchev–Trinajstić information content (AvgIpc) is 2.63. The number of likely N-dealkylation sites (N-methyl/N-ethyl adjacent to an activating group) is 1. The van der Waals surface area contributed by atoms with E-state index in [1.807, 2.05) is 18.2 Å². The molecule has 138 valence electrons. The highest BCUT2D eigenvalue weighted by Crippen LogP contribution is 2.22. The molecule has 0 heterocycles. The lowest BCUT2D eigenvalue weighted by Crippen LogP contribution is -2.26. The third-order valence-electron chi connectivity index (χ3n) is 3.93. The highest BCUT2D eigenvalue weighted by molar-refractivity contribution is 6.30. The fourth-order valence-electron chi connectivity index (χ4n) is 2.40. The second kappa shape index (κ2) is 9.90. The molecular formula is C21H24ClNO3. The van der Waals surface area contributed by atoms with Crippen LogP contribution in [0.4, 0.5) is 0 Å². The maximum absolute atomic E-state index is 9.93. The van der Waals surface area contributed by atoms with Crippen molar-refractivity contribution in [3.63, 3.8) is 0 Å². The molecule has 0 bridgehead atoms. The number of phenolic OH excluding ortho intramolecular Hbond substituents is 2. The standard InChI is InChI=1S/C21H24ClNO3/c1-3-23(15-18-14-19(22)8-11-21(18)25)12-13-26-16(2)4-5-17-6-9-20(24)10-7-17/h4-11,14,24-25H,2-3,12-13,15H2,1H3/b5-4+. The van der Waals surface area contributed by atoms with Crippen LogP contribution in [0.2, 0.25) is 5.02 Å². The number of halogens is 1. The van der Waals surface area contributed by atoms with E-state index in [9.17, 15) is 10.2 Å². The minimum absolute atomic E-state index is 0.239. The van der Waals surface area contributed by atoms with Gasteiger partial charge in [-0.2, -0.15) is 0 Å². The van der Waals surface area contributed by atoms with Gasteiger partial charge < -0.3 is 14.9 Å². The average molecular weight is 374 g/mol. The fourth-order valence-corrected chi connectivity index (χ4v) is 2.59. The zero-order valence-corrected chi connectivity index (χ0v) is 15.6. The number of hydrogen-bond donors (Lipinski definition) is 2. The Morgan fingerprint density at radius 3 is 2.62 bits per heavy atom. The molecule has 0 aromatic heterocycles. The first kappa shape index (κ1) is 19.9. The lowest BCUT2D eigenvalue weighted by atomic mass is 10.2. The second-order valence-corrected chi connectivity index (χ2v) is 6.32. The maximum Gasteiger partial charge on any atom is 0.120 e. The van der Waals surface area contributed by atoms with Gasteiger partial charge in [0.2, 0.25) is 0 Å². The molecule has 0 fully saturated rings. The molecule has 2 aromatic rings. The molecule has 0 atom stereocenters. The van der Waals surface area contributed by atoms with Crippen LogP contribution in [0.1, 0.15) is 18.1 Å². The second-order valence-electron chi connectivity index (χ2n) is 5.88. The number of ether oxygens (including phenoxy) is 1. The van der Waals surface area contributed by atoms with Crippen molar-refractivity contribution in [2.75, 3.05) is 19.7 Å². The summed E-state index contributed by atoms with van der Waals surface area (Å²) in [5, 5.41) is 19.8. The topological polar surface area (TPSA) is 52.9 Å². The summed E-state index contributed by atoms with van der Waals surface area (Å²) in [5.74, 6) is 1.05. The molecule has 4 nitrogen and oxygen atoms in total. The van der Waals surface area contributed by atoms with Crippen LogP contribution in [-0.2, 0) is 11.3 Å². The maximum atomic E-state index is 9.93. The number of aromatic hydroxyl groups is 2. The van der Waals surface area contributed by atoms with E-state index in [2.05, 4.69) is 18.4 Å². The summed E-state index contributed by atoms with van der Waals surface area (Å²) < 4.78 is 5.65. The lowest BCUT2D eigenvalue weighted by Gasteiger charge is -2.21. The van der Waals surface area contributed by atoms with Crippen LogP contribution < -0.4 is 0 Å². The summed E-state index contributed by atoms with van der Waals surface area (Å²) in [7, 11) is 0. The molecular weight excluding hydrogens is 350 g/mol. The van der Waals surface area contributed by atoms with Gasteiger partial charge in [0.05, 0.1) is 0 Å². The third-order valence-corrected chi connectivity index (χ3v) is 4.17. The fraction of sp³-hybridized carbons (Fsp3) is 0.238. The molecule has 2 N–H and O–H groups in total. The molecule has 0 spiro atoms. The molecule has 0 aliphatic rings. The van der Waals surface area contributed by atoms with Crippen LogP contribution in [0.3, 0.4) is 0 Å². The normalized spacial score (nSPS) is 11.2. The number of nitrogens with zero attached hydrogens (tertiary/aromatic N) is 1. The van der Waals surface area contributed by atoms with Crippen molar-refractivity contribution < 1.29 is 14.9 Å². The Morgan fingerprint density at radius 2 is 1.92 bits per heavy atom. The Balaban J connectivity index is 1.80. The molecule has 0 aliphatic heterocycles. The van der Waals surface area contributed by atoms with Crippen molar-refractivity contribution in [2.45, 2.75) is 13.5 Å². The highest BCUT2D eigenvalue weighted by atomic mass is 35.5. The lowest BCUT2D eigenvalue weighted by molar-refractivity contribution is 0.164. The van der Waals surface area contributed by atoms with E-state index in [1.165, 1.54) is 0 Å². The molecule has 0 radical (unpaired) electrons. The van der Waals surface area contributed by atoms with Gasteiger partial charge in [0.1, 0.15) is 23.9 Å². The number of hydrogen-bond acceptors (Lipinski definition) is 4. The molecule has 0 amide bonds. The number of rotatable bonds is 9. The molecule has 0 aliphatic carbocycles. The van der Waals surface area contributed by atoms with Crippen LogP contribution in [0.25, 0.3) is 6.08 Å². The summed E-state index contributed by atoms with van der Waals surface area (Å²) in [6, 6.07) is 12.0. The SMILES string of the molecule is C=C(/C=C/c1ccc(O)cc1)OCCN(CC)Cc1cc(Cl)ccc1O. The number of benzene rings is 2. The van der Waals surface area contributed by atoms with Gasteiger partial charge in [-0.3, -0.25) is 4.90 Å². The molecule has 2 rings (SSSR count). The third kappa shape index (κ3) is 6.47. The molecule has 0 unspecified atom stereocenters. The first-order valence-electron chi connectivity index (χ1n) is 8.46. The van der Waals surface area contributed by atoms with Crippen molar-refractivity contribution in [1.29, 1.82) is 0 Å². The summed E-state index contributed by atoms with van der Waals surface area (Å²) in [5.41, 5.74) is 1.75. The quantitative estimate of drug-likeness (QED) is 0.489. The van der Waals surface area contributed by atoms with Gasteiger partial charge in [-0.1, -0.05) is 43.3 Å². The first-order chi connectivity index (χ1) is 12.5. The Kier molecular flexibility index (Phi) is 7.57. The van der Waals surface area contributed by atoms with Crippen molar-refractivity contribution in [1.82, 2.24) is 4.90 Å². The van der Waals surface area contributed by atoms with E-state index in [4.69, 9.17) is 16.3 Å². The Morgan fingerprint density at radius 1 is 1.19 bits per heavy atom. The summed E-state index contributed by atoms with van der Waals surface area (Å²) in [6.07, 6.45) is 3.68. The van der Waals surface area contributed by atoms with Crippen molar-refractivity contribution in [2.24, 2.45) is 0 Å². The smallest absolute Gasteiger partial charge is 0.120 e. The molecule has 26 heavy (non-hydrogen) atoms. The van der Waals surface area contributed by atoms with Gasteiger partial charge in [-0.05, 0) is 48.5 Å². The van der Waals surface area contributed by atoms with Crippen LogP contribution in [0.5, 0.6) is 11.5 Å².